The highest BCUT2D eigenvalue weighted by atomic mass is 19.4. The number of halogens is 3. The zero-order valence-corrected chi connectivity index (χ0v) is 15.9. The first-order valence-corrected chi connectivity index (χ1v) is 8.91. The van der Waals surface area contributed by atoms with Gasteiger partial charge in [0, 0.05) is 18.7 Å². The molecule has 2 N–H and O–H groups in total. The lowest BCUT2D eigenvalue weighted by Crippen LogP contribution is -2.48. The van der Waals surface area contributed by atoms with E-state index in [4.69, 9.17) is 9.84 Å². The molecule has 29 heavy (non-hydrogen) atoms. The van der Waals surface area contributed by atoms with E-state index in [1.807, 2.05) is 0 Å². The first kappa shape index (κ1) is 22.3. The van der Waals surface area contributed by atoms with Crippen LogP contribution in [0.25, 0.3) is 0 Å². The summed E-state index contributed by atoms with van der Waals surface area (Å²) < 4.78 is 43.5. The van der Waals surface area contributed by atoms with E-state index < -0.39 is 35.8 Å². The summed E-state index contributed by atoms with van der Waals surface area (Å²) in [6.45, 7) is 3.25. The lowest BCUT2D eigenvalue weighted by molar-refractivity contribution is -0.139. The molecule has 0 aromatic heterocycles. The minimum absolute atomic E-state index is 0.0621. The number of allylic oxidation sites excluding steroid dienone is 1. The summed E-state index contributed by atoms with van der Waals surface area (Å²) in [5, 5.41) is 11.4. The van der Waals surface area contributed by atoms with E-state index in [-0.39, 0.29) is 37.3 Å². The van der Waals surface area contributed by atoms with Gasteiger partial charge in [-0.3, -0.25) is 9.69 Å². The van der Waals surface area contributed by atoms with Gasteiger partial charge < -0.3 is 15.2 Å². The summed E-state index contributed by atoms with van der Waals surface area (Å²) in [5.41, 5.74) is -0.208. The van der Waals surface area contributed by atoms with Gasteiger partial charge in [0.25, 0.3) is 0 Å². The van der Waals surface area contributed by atoms with Gasteiger partial charge >= 0.3 is 24.1 Å². The van der Waals surface area contributed by atoms with Crippen molar-refractivity contribution in [3.05, 3.63) is 46.7 Å². The number of alkyl halides is 3. The van der Waals surface area contributed by atoms with Gasteiger partial charge in [-0.25, -0.2) is 9.59 Å². The number of hydrogen-bond donors (Lipinski definition) is 2. The maximum atomic E-state index is 12.8. The predicted octanol–water partition coefficient (Wildman–Crippen LogP) is 3.47. The Morgan fingerprint density at radius 1 is 1.24 bits per heavy atom. The molecule has 10 heteroatoms. The zero-order chi connectivity index (χ0) is 21.8. The molecule has 7 nitrogen and oxygen atoms in total. The van der Waals surface area contributed by atoms with Crippen LogP contribution in [0.2, 0.25) is 0 Å². The highest BCUT2D eigenvalue weighted by molar-refractivity contribution is 5.95. The summed E-state index contributed by atoms with van der Waals surface area (Å²) >= 11 is 0. The molecule has 1 aromatic rings. The van der Waals surface area contributed by atoms with Crippen molar-refractivity contribution in [1.82, 2.24) is 10.2 Å². The van der Waals surface area contributed by atoms with Gasteiger partial charge in [0.2, 0.25) is 0 Å². The number of esters is 1. The van der Waals surface area contributed by atoms with Crippen LogP contribution in [0.4, 0.5) is 18.0 Å². The van der Waals surface area contributed by atoms with Crippen molar-refractivity contribution in [1.29, 1.82) is 0 Å². The summed E-state index contributed by atoms with van der Waals surface area (Å²) in [7, 11) is 0. The summed E-state index contributed by atoms with van der Waals surface area (Å²) in [5.74, 6) is -1.73. The number of hydrogen-bond acceptors (Lipinski definition) is 4. The molecule has 1 atom stereocenters. The van der Waals surface area contributed by atoms with Crippen LogP contribution in [-0.4, -0.2) is 41.1 Å². The van der Waals surface area contributed by atoms with Crippen LogP contribution in [-0.2, 0) is 20.5 Å². The van der Waals surface area contributed by atoms with E-state index in [1.165, 1.54) is 24.0 Å². The monoisotopic (exact) mass is 414 g/mol. The van der Waals surface area contributed by atoms with Crippen LogP contribution >= 0.6 is 0 Å². The number of rotatable bonds is 7. The van der Waals surface area contributed by atoms with Crippen LogP contribution in [0.5, 0.6) is 0 Å². The van der Waals surface area contributed by atoms with Crippen molar-refractivity contribution in [3.63, 3.8) is 0 Å². The first-order chi connectivity index (χ1) is 13.6. The Bertz CT molecular complexity index is 818. The van der Waals surface area contributed by atoms with Gasteiger partial charge in [-0.05, 0) is 38.0 Å². The maximum absolute atomic E-state index is 12.8. The number of nitrogens with one attached hydrogen (secondary N) is 1. The van der Waals surface area contributed by atoms with Gasteiger partial charge in [-0.2, -0.15) is 13.2 Å². The lowest BCUT2D eigenvalue weighted by atomic mass is 9.94. The third-order valence-corrected chi connectivity index (χ3v) is 4.44. The molecular formula is C19H21F3N2O5. The number of ether oxygens (including phenoxy) is 1. The maximum Gasteiger partial charge on any atom is 0.416 e. The van der Waals surface area contributed by atoms with E-state index in [2.05, 4.69) is 5.32 Å². The molecule has 0 radical (unpaired) electrons. The second-order valence-corrected chi connectivity index (χ2v) is 6.37. The molecule has 1 heterocycles. The largest absolute Gasteiger partial charge is 0.481 e. The van der Waals surface area contributed by atoms with Crippen molar-refractivity contribution >= 4 is 18.0 Å². The van der Waals surface area contributed by atoms with Crippen LogP contribution in [0.15, 0.2) is 35.5 Å². The number of aliphatic carboxylic acids is 1. The van der Waals surface area contributed by atoms with Crippen LogP contribution in [0, 0.1) is 0 Å². The van der Waals surface area contributed by atoms with Gasteiger partial charge in [0.15, 0.2) is 0 Å². The summed E-state index contributed by atoms with van der Waals surface area (Å²) in [6, 6.07) is 2.57. The minimum Gasteiger partial charge on any atom is -0.481 e. The first-order valence-electron chi connectivity index (χ1n) is 8.91. The van der Waals surface area contributed by atoms with Crippen LogP contribution < -0.4 is 5.32 Å². The number of nitrogens with zero attached hydrogens (tertiary/aromatic N) is 1. The van der Waals surface area contributed by atoms with Gasteiger partial charge in [-0.15, -0.1) is 0 Å². The Morgan fingerprint density at radius 3 is 2.38 bits per heavy atom. The van der Waals surface area contributed by atoms with Crippen molar-refractivity contribution in [2.75, 3.05) is 13.2 Å². The van der Waals surface area contributed by atoms with Gasteiger partial charge in [0.1, 0.15) is 0 Å². The number of amides is 2. The molecule has 1 aliphatic rings. The molecular weight excluding hydrogens is 393 g/mol. The van der Waals surface area contributed by atoms with Crippen LogP contribution in [0.3, 0.4) is 0 Å². The quantitative estimate of drug-likeness (QED) is 0.666. The number of carbonyl (C=O) groups excluding carboxylic acids is 2. The molecule has 2 rings (SSSR count). The third-order valence-electron chi connectivity index (χ3n) is 4.44. The molecule has 1 aromatic carbocycles. The smallest absolute Gasteiger partial charge is 0.416 e. The van der Waals surface area contributed by atoms with Crippen LogP contribution in [0.1, 0.15) is 43.9 Å². The Balaban J connectivity index is 2.40. The molecule has 1 unspecified atom stereocenters. The normalized spacial score (nSPS) is 17.2. The molecule has 0 spiro atoms. The number of carboxylic acids is 1. The Hall–Kier alpha value is -3.04. The number of carbonyl (C=O) groups is 3. The lowest BCUT2D eigenvalue weighted by Gasteiger charge is -2.35. The van der Waals surface area contributed by atoms with E-state index in [1.54, 1.807) is 6.92 Å². The number of urea groups is 1. The molecule has 0 aliphatic carbocycles. The standard InChI is InChI=1S/C19H21F3N2O5/c1-3-29-17(27)15-11(2)24(10-4-5-14(25)26)18(28)23-16(15)12-6-8-13(9-7-12)19(20,21)22/h6-9,16H,3-5,10H2,1-2H3,(H,23,28)(H,25,26). The number of carboxylic acid groups (broad SMARTS) is 1. The SMILES string of the molecule is CCOC(=O)C1=C(C)N(CCCC(=O)O)C(=O)NC1c1ccc(C(F)(F)F)cc1. The van der Waals surface area contributed by atoms with Gasteiger partial charge in [-0.1, -0.05) is 12.1 Å². The Morgan fingerprint density at radius 2 is 1.86 bits per heavy atom. The van der Waals surface area contributed by atoms with E-state index in [0.717, 1.165) is 12.1 Å². The van der Waals surface area contributed by atoms with E-state index in [0.29, 0.717) is 5.56 Å². The second-order valence-electron chi connectivity index (χ2n) is 6.37. The fraction of sp³-hybridized carbons (Fsp3) is 0.421. The molecule has 0 fully saturated rings. The predicted molar refractivity (Wildman–Crippen MR) is 95.6 cm³/mol. The zero-order valence-electron chi connectivity index (χ0n) is 15.9. The molecule has 0 saturated heterocycles. The summed E-state index contributed by atoms with van der Waals surface area (Å²) in [4.78, 5) is 37.0. The second kappa shape index (κ2) is 8.97. The van der Waals surface area contributed by atoms with E-state index in [9.17, 15) is 27.6 Å². The number of benzene rings is 1. The average molecular weight is 414 g/mol. The fourth-order valence-electron chi connectivity index (χ4n) is 3.03. The Kier molecular flexibility index (Phi) is 6.89. The highest BCUT2D eigenvalue weighted by Gasteiger charge is 2.37. The highest BCUT2D eigenvalue weighted by Crippen LogP contribution is 2.34. The van der Waals surface area contributed by atoms with Crippen molar-refractivity contribution < 1.29 is 37.4 Å². The van der Waals surface area contributed by atoms with Crippen molar-refractivity contribution in [2.45, 2.75) is 38.9 Å². The minimum atomic E-state index is -4.51. The molecule has 158 valence electrons. The molecule has 2 amide bonds. The summed E-state index contributed by atoms with van der Waals surface area (Å²) in [6.07, 6.45) is -4.50. The van der Waals surface area contributed by atoms with Crippen molar-refractivity contribution in [2.24, 2.45) is 0 Å². The molecule has 0 bridgehead atoms. The fourth-order valence-corrected chi connectivity index (χ4v) is 3.03. The Labute approximate surface area is 165 Å². The third kappa shape index (κ3) is 5.27. The van der Waals surface area contributed by atoms with Crippen molar-refractivity contribution in [3.8, 4) is 0 Å². The topological polar surface area (TPSA) is 95.9 Å². The average Bonchev–Trinajstić information content (AvgIpc) is 2.63. The van der Waals surface area contributed by atoms with Gasteiger partial charge in [0.05, 0.1) is 23.8 Å². The molecule has 0 saturated carbocycles. The molecule has 1 aliphatic heterocycles. The van der Waals surface area contributed by atoms with E-state index >= 15 is 0 Å².